The summed E-state index contributed by atoms with van der Waals surface area (Å²) in [5.41, 5.74) is 10.4. The molecule has 0 saturated heterocycles. The second-order valence-electron chi connectivity index (χ2n) is 7.00. The fourth-order valence-corrected chi connectivity index (χ4v) is 4.82. The van der Waals surface area contributed by atoms with Crippen LogP contribution in [-0.4, -0.2) is 21.8 Å². The van der Waals surface area contributed by atoms with Gasteiger partial charge in [-0.2, -0.15) is 0 Å². The van der Waals surface area contributed by atoms with Gasteiger partial charge in [0.05, 0.1) is 22.3 Å². The molecule has 29 heavy (non-hydrogen) atoms. The molecule has 5 rings (SSSR count). The molecule has 4 aromatic rings. The molecule has 0 fully saturated rings. The van der Waals surface area contributed by atoms with E-state index in [2.05, 4.69) is 33.0 Å². The van der Waals surface area contributed by atoms with Crippen molar-refractivity contribution in [2.75, 3.05) is 0 Å². The van der Waals surface area contributed by atoms with Crippen molar-refractivity contribution < 1.29 is 9.59 Å². The number of hydrogen-bond acceptors (Lipinski definition) is 4. The lowest BCUT2D eigenvalue weighted by atomic mass is 9.91. The van der Waals surface area contributed by atoms with Gasteiger partial charge >= 0.3 is 0 Å². The van der Waals surface area contributed by atoms with Crippen molar-refractivity contribution in [2.24, 2.45) is 0 Å². The molecule has 2 heterocycles. The number of aromatic amines is 1. The first-order valence-corrected chi connectivity index (χ1v) is 10.2. The van der Waals surface area contributed by atoms with Crippen LogP contribution in [0.15, 0.2) is 54.6 Å². The van der Waals surface area contributed by atoms with Gasteiger partial charge in [-0.05, 0) is 47.7 Å². The monoisotopic (exact) mass is 402 g/mol. The SMILES string of the molecule is O=C(Cc1nc2ccccc2[nH]1)NNC(=O)c1cc2c(s1)-c1ccccc1CC2. The van der Waals surface area contributed by atoms with Crippen LogP contribution in [0.4, 0.5) is 0 Å². The Labute approximate surface area is 171 Å². The Bertz CT molecular complexity index is 1210. The number of H-pyrrole nitrogens is 1. The summed E-state index contributed by atoms with van der Waals surface area (Å²) in [5.74, 6) is -0.0787. The number of aromatic nitrogens is 2. The number of thiophene rings is 1. The minimum absolute atomic E-state index is 0.0588. The lowest BCUT2D eigenvalue weighted by molar-refractivity contribution is -0.121. The second-order valence-corrected chi connectivity index (χ2v) is 8.05. The summed E-state index contributed by atoms with van der Waals surface area (Å²) in [6.45, 7) is 0. The van der Waals surface area contributed by atoms with Gasteiger partial charge in [-0.15, -0.1) is 11.3 Å². The molecule has 0 saturated carbocycles. The minimum atomic E-state index is -0.330. The number of hydrazine groups is 1. The number of aryl methyl sites for hydroxylation is 2. The second kappa shape index (κ2) is 7.18. The highest BCUT2D eigenvalue weighted by molar-refractivity contribution is 7.17. The van der Waals surface area contributed by atoms with Crippen LogP contribution in [0.25, 0.3) is 21.5 Å². The predicted molar refractivity (Wildman–Crippen MR) is 113 cm³/mol. The van der Waals surface area contributed by atoms with Crippen LogP contribution >= 0.6 is 11.3 Å². The third-order valence-corrected chi connectivity index (χ3v) is 6.25. The summed E-state index contributed by atoms with van der Waals surface area (Å²) >= 11 is 1.46. The smallest absolute Gasteiger partial charge is 0.279 e. The van der Waals surface area contributed by atoms with E-state index >= 15 is 0 Å². The Balaban J connectivity index is 1.24. The summed E-state index contributed by atoms with van der Waals surface area (Å²) in [6.07, 6.45) is 1.97. The first-order chi connectivity index (χ1) is 14.2. The van der Waals surface area contributed by atoms with Crippen molar-refractivity contribution in [3.05, 3.63) is 76.4 Å². The van der Waals surface area contributed by atoms with Gasteiger partial charge in [-0.3, -0.25) is 20.4 Å². The number of nitrogens with one attached hydrogen (secondary N) is 3. The first kappa shape index (κ1) is 17.6. The lowest BCUT2D eigenvalue weighted by Crippen LogP contribution is -2.42. The van der Waals surface area contributed by atoms with Gasteiger partial charge in [0.2, 0.25) is 5.91 Å². The Morgan fingerprint density at radius 3 is 2.69 bits per heavy atom. The van der Waals surface area contributed by atoms with Crippen LogP contribution in [0.2, 0.25) is 0 Å². The summed E-state index contributed by atoms with van der Waals surface area (Å²) in [5, 5.41) is 0. The van der Waals surface area contributed by atoms with Gasteiger partial charge in [-0.25, -0.2) is 4.98 Å². The highest BCUT2D eigenvalue weighted by Crippen LogP contribution is 2.39. The fraction of sp³-hybridized carbons (Fsp3) is 0.136. The van der Waals surface area contributed by atoms with Gasteiger partial charge in [-0.1, -0.05) is 36.4 Å². The molecule has 1 aliphatic carbocycles. The number of amides is 2. The molecule has 7 heteroatoms. The molecule has 0 spiro atoms. The maximum absolute atomic E-state index is 12.5. The predicted octanol–water partition coefficient (Wildman–Crippen LogP) is 3.39. The number of imidazole rings is 1. The third-order valence-electron chi connectivity index (χ3n) is 5.04. The third kappa shape index (κ3) is 3.40. The van der Waals surface area contributed by atoms with Crippen LogP contribution in [0.5, 0.6) is 0 Å². The Morgan fingerprint density at radius 1 is 1.00 bits per heavy atom. The molecule has 2 amide bonds. The molecule has 0 unspecified atom stereocenters. The summed E-state index contributed by atoms with van der Waals surface area (Å²) in [7, 11) is 0. The number of para-hydroxylation sites is 2. The van der Waals surface area contributed by atoms with E-state index in [4.69, 9.17) is 0 Å². The van der Waals surface area contributed by atoms with E-state index in [0.29, 0.717) is 10.7 Å². The topological polar surface area (TPSA) is 86.9 Å². The van der Waals surface area contributed by atoms with Gasteiger partial charge in [0.1, 0.15) is 5.82 Å². The van der Waals surface area contributed by atoms with Gasteiger partial charge in [0.15, 0.2) is 0 Å². The fourth-order valence-electron chi connectivity index (χ4n) is 3.66. The Morgan fingerprint density at radius 2 is 1.79 bits per heavy atom. The maximum atomic E-state index is 12.5. The van der Waals surface area contributed by atoms with E-state index in [1.165, 1.54) is 28.0 Å². The zero-order valence-corrected chi connectivity index (χ0v) is 16.3. The molecule has 0 aliphatic heterocycles. The highest BCUT2D eigenvalue weighted by atomic mass is 32.1. The molecule has 3 N–H and O–H groups in total. The van der Waals surface area contributed by atoms with E-state index in [0.717, 1.165) is 28.8 Å². The van der Waals surface area contributed by atoms with Crippen LogP contribution < -0.4 is 10.9 Å². The number of benzene rings is 2. The maximum Gasteiger partial charge on any atom is 0.279 e. The molecule has 0 bridgehead atoms. The van der Waals surface area contributed by atoms with Gasteiger partial charge < -0.3 is 4.98 Å². The number of nitrogens with zero attached hydrogens (tertiary/aromatic N) is 1. The van der Waals surface area contributed by atoms with E-state index in [1.807, 2.05) is 42.5 Å². The number of hydrogen-bond donors (Lipinski definition) is 3. The van der Waals surface area contributed by atoms with Crippen molar-refractivity contribution in [3.63, 3.8) is 0 Å². The average Bonchev–Trinajstić information content (AvgIpc) is 3.35. The van der Waals surface area contributed by atoms with Crippen LogP contribution in [0.3, 0.4) is 0 Å². The zero-order chi connectivity index (χ0) is 19.8. The van der Waals surface area contributed by atoms with Crippen LogP contribution in [0.1, 0.15) is 26.6 Å². The average molecular weight is 402 g/mol. The van der Waals surface area contributed by atoms with Gasteiger partial charge in [0, 0.05) is 4.88 Å². The standard InChI is InChI=1S/C22H18N4O2S/c27-20(12-19-23-16-7-3-4-8-17(16)24-19)25-26-22(28)18-11-14-10-9-13-5-1-2-6-15(13)21(14)29-18/h1-8,11H,9-10,12H2,(H,23,24)(H,25,27)(H,26,28). The molecule has 0 radical (unpaired) electrons. The number of carbonyl (C=O) groups excluding carboxylic acids is 2. The molecule has 6 nitrogen and oxygen atoms in total. The summed E-state index contributed by atoms with van der Waals surface area (Å²) in [6, 6.07) is 17.8. The Hall–Kier alpha value is -3.45. The molecular weight excluding hydrogens is 384 g/mol. The normalized spacial score (nSPS) is 12.3. The molecule has 0 atom stereocenters. The molecule has 2 aromatic heterocycles. The lowest BCUT2D eigenvalue weighted by Gasteiger charge is -2.15. The number of fused-ring (bicyclic) bond motifs is 4. The number of carbonyl (C=O) groups is 2. The van der Waals surface area contributed by atoms with E-state index in [9.17, 15) is 9.59 Å². The largest absolute Gasteiger partial charge is 0.342 e. The van der Waals surface area contributed by atoms with E-state index < -0.39 is 0 Å². The van der Waals surface area contributed by atoms with Crippen molar-refractivity contribution in [3.8, 4) is 10.4 Å². The zero-order valence-electron chi connectivity index (χ0n) is 15.5. The van der Waals surface area contributed by atoms with Crippen molar-refractivity contribution in [2.45, 2.75) is 19.3 Å². The highest BCUT2D eigenvalue weighted by Gasteiger charge is 2.21. The van der Waals surface area contributed by atoms with Crippen LogP contribution in [0, 0.1) is 0 Å². The Kier molecular flexibility index (Phi) is 4.37. The van der Waals surface area contributed by atoms with E-state index in [-0.39, 0.29) is 18.2 Å². The van der Waals surface area contributed by atoms with Crippen molar-refractivity contribution >= 4 is 34.2 Å². The molecule has 144 valence electrons. The first-order valence-electron chi connectivity index (χ1n) is 9.41. The summed E-state index contributed by atoms with van der Waals surface area (Å²) < 4.78 is 0. The molecule has 2 aromatic carbocycles. The van der Waals surface area contributed by atoms with Crippen LogP contribution in [-0.2, 0) is 24.1 Å². The van der Waals surface area contributed by atoms with Crippen molar-refractivity contribution in [1.29, 1.82) is 0 Å². The number of rotatable bonds is 3. The van der Waals surface area contributed by atoms with Gasteiger partial charge in [0.25, 0.3) is 5.91 Å². The molecular formula is C22H18N4O2S. The molecule has 1 aliphatic rings. The summed E-state index contributed by atoms with van der Waals surface area (Å²) in [4.78, 5) is 34.0. The quantitative estimate of drug-likeness (QED) is 0.459. The van der Waals surface area contributed by atoms with E-state index in [1.54, 1.807) is 0 Å². The van der Waals surface area contributed by atoms with Crippen molar-refractivity contribution in [1.82, 2.24) is 20.8 Å². The minimum Gasteiger partial charge on any atom is -0.342 e.